The van der Waals surface area contributed by atoms with Gasteiger partial charge in [-0.1, -0.05) is 11.6 Å². The number of carbonyl (C=O) groups excluding carboxylic acids is 3. The highest BCUT2D eigenvalue weighted by Gasteiger charge is 2.42. The first kappa shape index (κ1) is 24.1. The van der Waals surface area contributed by atoms with Crippen LogP contribution in [0.15, 0.2) is 0 Å². The number of hydrogen-bond acceptors (Lipinski definition) is 7. The summed E-state index contributed by atoms with van der Waals surface area (Å²) in [6.45, 7) is 2.66. The van der Waals surface area contributed by atoms with Gasteiger partial charge in [-0.2, -0.15) is 18.3 Å². The molecule has 0 unspecified atom stereocenters. The Labute approximate surface area is 189 Å². The summed E-state index contributed by atoms with van der Waals surface area (Å²) in [5, 5.41) is 5.49. The Morgan fingerprint density at radius 3 is 2.47 bits per heavy atom. The van der Waals surface area contributed by atoms with Crippen molar-refractivity contribution in [2.75, 3.05) is 19.0 Å². The van der Waals surface area contributed by atoms with Crippen LogP contribution >= 0.6 is 22.9 Å². The molecule has 2 heterocycles. The van der Waals surface area contributed by atoms with Crippen LogP contribution in [0.1, 0.15) is 62.7 Å². The zero-order valence-corrected chi connectivity index (χ0v) is 18.8. The van der Waals surface area contributed by atoms with Crippen LogP contribution in [0.25, 0.3) is 0 Å². The number of nitrogens with one attached hydrogen (secondary N) is 1. The number of ether oxygens (including phenoxy) is 2. The Morgan fingerprint density at radius 1 is 1.28 bits per heavy atom. The van der Waals surface area contributed by atoms with Gasteiger partial charge in [0.1, 0.15) is 16.4 Å². The first-order chi connectivity index (χ1) is 15.0. The van der Waals surface area contributed by atoms with E-state index in [0.29, 0.717) is 12.8 Å². The van der Waals surface area contributed by atoms with Crippen LogP contribution in [0, 0.1) is 6.92 Å². The van der Waals surface area contributed by atoms with E-state index in [-0.39, 0.29) is 39.2 Å². The second-order valence-corrected chi connectivity index (χ2v) is 8.40. The molecule has 2 aromatic heterocycles. The zero-order chi connectivity index (χ0) is 23.8. The van der Waals surface area contributed by atoms with Crippen molar-refractivity contribution in [1.29, 1.82) is 0 Å². The average molecular weight is 494 g/mol. The van der Waals surface area contributed by atoms with E-state index in [0.717, 1.165) is 23.1 Å². The third-order valence-electron chi connectivity index (χ3n) is 4.71. The molecule has 1 fully saturated rings. The molecule has 32 heavy (non-hydrogen) atoms. The second kappa shape index (κ2) is 9.10. The summed E-state index contributed by atoms with van der Waals surface area (Å²) in [6, 6.07) is 0. The summed E-state index contributed by atoms with van der Waals surface area (Å²) in [7, 11) is 1.14. The fourth-order valence-electron chi connectivity index (χ4n) is 3.14. The van der Waals surface area contributed by atoms with E-state index in [9.17, 15) is 27.6 Å². The average Bonchev–Trinajstić information content (AvgIpc) is 3.40. The standard InChI is InChI=1S/C19H19ClF3N3O5S/c1-4-31-18(29)14-8(2)11(17(28)30-3)16(32-14)24-10(27)7-26-13(9-5-6-9)12(20)15(25-26)19(21,22)23/h9H,4-7H2,1-3H3,(H,24,27). The molecule has 0 bridgehead atoms. The smallest absolute Gasteiger partial charge is 0.436 e. The van der Waals surface area contributed by atoms with E-state index in [1.54, 1.807) is 6.92 Å². The zero-order valence-electron chi connectivity index (χ0n) is 17.3. The molecule has 0 spiro atoms. The molecule has 1 aliphatic carbocycles. The van der Waals surface area contributed by atoms with Crippen LogP contribution in [-0.2, 0) is 27.0 Å². The highest BCUT2D eigenvalue weighted by atomic mass is 35.5. The minimum atomic E-state index is -4.76. The maximum atomic E-state index is 13.2. The minimum absolute atomic E-state index is 0.0182. The molecule has 0 atom stereocenters. The van der Waals surface area contributed by atoms with Crippen molar-refractivity contribution >= 4 is 45.8 Å². The Bertz CT molecular complexity index is 1080. The predicted octanol–water partition coefficient (Wildman–Crippen LogP) is 4.40. The molecule has 3 rings (SSSR count). The molecule has 13 heteroatoms. The van der Waals surface area contributed by atoms with E-state index >= 15 is 0 Å². The SMILES string of the molecule is CCOC(=O)c1sc(NC(=O)Cn2nc(C(F)(F)F)c(Cl)c2C2CC2)c(C(=O)OC)c1C. The maximum absolute atomic E-state index is 13.2. The van der Waals surface area contributed by atoms with Gasteiger partial charge in [0, 0.05) is 5.92 Å². The number of carbonyl (C=O) groups is 3. The van der Waals surface area contributed by atoms with Gasteiger partial charge in [-0.15, -0.1) is 11.3 Å². The molecule has 1 amide bonds. The first-order valence-electron chi connectivity index (χ1n) is 9.51. The van der Waals surface area contributed by atoms with Crippen molar-refractivity contribution in [1.82, 2.24) is 9.78 Å². The van der Waals surface area contributed by atoms with E-state index in [4.69, 9.17) is 21.1 Å². The van der Waals surface area contributed by atoms with Gasteiger partial charge in [0.15, 0.2) is 5.69 Å². The number of methoxy groups -OCH3 is 1. The van der Waals surface area contributed by atoms with E-state index < -0.39 is 41.3 Å². The normalized spacial score (nSPS) is 13.7. The topological polar surface area (TPSA) is 99.5 Å². The third-order valence-corrected chi connectivity index (χ3v) is 6.27. The Hall–Kier alpha value is -2.60. The summed E-state index contributed by atoms with van der Waals surface area (Å²) >= 11 is 6.73. The molecule has 174 valence electrons. The van der Waals surface area contributed by atoms with E-state index in [1.165, 1.54) is 6.92 Å². The lowest BCUT2D eigenvalue weighted by atomic mass is 10.1. The van der Waals surface area contributed by atoms with Gasteiger partial charge in [0.05, 0.1) is 30.0 Å². The molecule has 1 N–H and O–H groups in total. The first-order valence-corrected chi connectivity index (χ1v) is 10.7. The van der Waals surface area contributed by atoms with Gasteiger partial charge < -0.3 is 14.8 Å². The van der Waals surface area contributed by atoms with Crippen molar-refractivity contribution in [2.45, 2.75) is 45.3 Å². The molecular weight excluding hydrogens is 475 g/mol. The van der Waals surface area contributed by atoms with E-state index in [1.807, 2.05) is 0 Å². The van der Waals surface area contributed by atoms with Crippen molar-refractivity contribution in [3.8, 4) is 0 Å². The highest BCUT2D eigenvalue weighted by molar-refractivity contribution is 7.18. The van der Waals surface area contributed by atoms with Crippen molar-refractivity contribution in [3.05, 3.63) is 32.4 Å². The van der Waals surface area contributed by atoms with Crippen molar-refractivity contribution in [3.63, 3.8) is 0 Å². The molecule has 0 aliphatic heterocycles. The van der Waals surface area contributed by atoms with Crippen LogP contribution in [0.2, 0.25) is 5.02 Å². The largest absolute Gasteiger partial charge is 0.465 e. The Kier molecular flexibility index (Phi) is 6.84. The molecule has 1 aliphatic rings. The lowest BCUT2D eigenvalue weighted by molar-refractivity contribution is -0.141. The number of nitrogens with zero attached hydrogens (tertiary/aromatic N) is 2. The molecule has 0 aromatic carbocycles. The highest BCUT2D eigenvalue weighted by Crippen LogP contribution is 2.47. The van der Waals surface area contributed by atoms with Crippen LogP contribution in [0.3, 0.4) is 0 Å². The summed E-state index contributed by atoms with van der Waals surface area (Å²) < 4.78 is 50.3. The predicted molar refractivity (Wildman–Crippen MR) is 109 cm³/mol. The lowest BCUT2D eigenvalue weighted by Crippen LogP contribution is -2.22. The van der Waals surface area contributed by atoms with Gasteiger partial charge in [-0.25, -0.2) is 9.59 Å². The number of rotatable bonds is 7. The number of hydrogen-bond donors (Lipinski definition) is 1. The van der Waals surface area contributed by atoms with E-state index in [2.05, 4.69) is 10.4 Å². The Morgan fingerprint density at radius 2 is 1.94 bits per heavy atom. The third kappa shape index (κ3) is 4.75. The minimum Gasteiger partial charge on any atom is -0.465 e. The fraction of sp³-hybridized carbons (Fsp3) is 0.474. The quantitative estimate of drug-likeness (QED) is 0.574. The Balaban J connectivity index is 1.91. The summed E-state index contributed by atoms with van der Waals surface area (Å²) in [5.74, 6) is -2.42. The number of alkyl halides is 3. The molecule has 0 radical (unpaired) electrons. The molecule has 1 saturated carbocycles. The van der Waals surface area contributed by atoms with Gasteiger partial charge in [0.25, 0.3) is 0 Å². The van der Waals surface area contributed by atoms with Gasteiger partial charge in [0.2, 0.25) is 5.91 Å². The number of thiophene rings is 1. The van der Waals surface area contributed by atoms with Crippen molar-refractivity contribution < 1.29 is 37.0 Å². The number of aromatic nitrogens is 2. The summed E-state index contributed by atoms with van der Waals surface area (Å²) in [6.07, 6.45) is -3.48. The summed E-state index contributed by atoms with van der Waals surface area (Å²) in [4.78, 5) is 37.2. The van der Waals surface area contributed by atoms with Crippen LogP contribution in [0.5, 0.6) is 0 Å². The van der Waals surface area contributed by atoms with Crippen LogP contribution in [-0.4, -0.2) is 41.3 Å². The molecule has 0 saturated heterocycles. The van der Waals surface area contributed by atoms with Crippen molar-refractivity contribution in [2.24, 2.45) is 0 Å². The second-order valence-electron chi connectivity index (χ2n) is 7.00. The molecule has 2 aromatic rings. The monoisotopic (exact) mass is 493 g/mol. The van der Waals surface area contributed by atoms with Gasteiger partial charge >= 0.3 is 18.1 Å². The number of esters is 2. The van der Waals surface area contributed by atoms with Gasteiger partial charge in [-0.05, 0) is 32.3 Å². The number of amides is 1. The van der Waals surface area contributed by atoms with Crippen LogP contribution in [0.4, 0.5) is 18.2 Å². The molecular formula is C19H19ClF3N3O5S. The molecule has 8 nitrogen and oxygen atoms in total. The van der Waals surface area contributed by atoms with Crippen LogP contribution < -0.4 is 5.32 Å². The number of halogens is 4. The summed E-state index contributed by atoms with van der Waals surface area (Å²) in [5.41, 5.74) is -0.876. The lowest BCUT2D eigenvalue weighted by Gasteiger charge is -2.08. The maximum Gasteiger partial charge on any atom is 0.436 e. The van der Waals surface area contributed by atoms with Gasteiger partial charge in [-0.3, -0.25) is 9.48 Å². The fourth-order valence-corrected chi connectivity index (χ4v) is 4.65. The number of anilines is 1.